The number of hydrogen-bond acceptors (Lipinski definition) is 5. The lowest BCUT2D eigenvalue weighted by Crippen LogP contribution is -2.32. The van der Waals surface area contributed by atoms with E-state index < -0.39 is 19.8 Å². The molecule has 0 aliphatic rings. The van der Waals surface area contributed by atoms with Crippen molar-refractivity contribution in [3.8, 4) is 0 Å². The highest BCUT2D eigenvalue weighted by atomic mass is 31.2. The van der Waals surface area contributed by atoms with Crippen molar-refractivity contribution >= 4 is 13.9 Å². The number of aldehydes is 1. The highest BCUT2D eigenvalue weighted by Crippen LogP contribution is 2.39. The van der Waals surface area contributed by atoms with Gasteiger partial charge in [-0.1, -0.05) is 0 Å². The molecule has 0 aliphatic carbocycles. The molecule has 0 amide bonds. The van der Waals surface area contributed by atoms with Gasteiger partial charge in [0.15, 0.2) is 0 Å². The summed E-state index contributed by atoms with van der Waals surface area (Å²) in [6.07, 6.45) is -1.74. The van der Waals surface area contributed by atoms with Crippen LogP contribution in [-0.4, -0.2) is 48.9 Å². The number of aliphatic hydroxyl groups is 1. The van der Waals surface area contributed by atoms with Crippen LogP contribution < -0.4 is 0 Å². The number of ether oxygens (including phenoxy) is 1. The molecule has 0 aromatic carbocycles. The van der Waals surface area contributed by atoms with E-state index in [1.54, 1.807) is 0 Å². The molecule has 14 heavy (non-hydrogen) atoms. The maximum Gasteiger partial charge on any atom is 0.325 e. The molecular formula is C7H15O6P. The predicted octanol–water partition coefficient (Wildman–Crippen LogP) is -0.217. The Hall–Kier alpha value is -0.260. The van der Waals surface area contributed by atoms with Gasteiger partial charge < -0.3 is 24.1 Å². The fourth-order valence-corrected chi connectivity index (χ4v) is 1.62. The number of rotatable bonds is 7. The first-order valence-electron chi connectivity index (χ1n) is 4.00. The largest absolute Gasteiger partial charge is 0.388 e. The molecule has 0 radical (unpaired) electrons. The molecular weight excluding hydrogens is 211 g/mol. The Labute approximate surface area is 82.4 Å². The van der Waals surface area contributed by atoms with Gasteiger partial charge in [0.1, 0.15) is 18.5 Å². The lowest BCUT2D eigenvalue weighted by molar-refractivity contribution is -0.111. The number of aliphatic hydroxyl groups excluding tert-OH is 1. The Morgan fingerprint density at radius 3 is 2.50 bits per heavy atom. The fourth-order valence-electron chi connectivity index (χ4n) is 0.895. The standard InChI is InChI=1S/C7H15O6P/c1-12-5-6(9)7(3-4-8)13-14(2,10)11/h4,6-7,9H,3,5H2,1-2H3,(H,10,11). The van der Waals surface area contributed by atoms with Gasteiger partial charge in [-0.15, -0.1) is 0 Å². The smallest absolute Gasteiger partial charge is 0.325 e. The van der Waals surface area contributed by atoms with Crippen LogP contribution in [0.2, 0.25) is 0 Å². The fraction of sp³-hybridized carbons (Fsp3) is 0.857. The Kier molecular flexibility index (Phi) is 6.15. The highest BCUT2D eigenvalue weighted by Gasteiger charge is 2.25. The van der Waals surface area contributed by atoms with E-state index in [0.29, 0.717) is 6.29 Å². The van der Waals surface area contributed by atoms with Gasteiger partial charge in [0.2, 0.25) is 0 Å². The SMILES string of the molecule is COCC(O)C(CC=O)OP(C)(=O)O. The van der Waals surface area contributed by atoms with E-state index in [4.69, 9.17) is 4.89 Å². The molecule has 0 spiro atoms. The second-order valence-corrected chi connectivity index (χ2v) is 4.69. The van der Waals surface area contributed by atoms with Crippen LogP contribution in [0, 0.1) is 0 Å². The summed E-state index contributed by atoms with van der Waals surface area (Å²) in [4.78, 5) is 19.1. The zero-order chi connectivity index (χ0) is 11.2. The lowest BCUT2D eigenvalue weighted by Gasteiger charge is -2.21. The van der Waals surface area contributed by atoms with Crippen LogP contribution in [0.1, 0.15) is 6.42 Å². The van der Waals surface area contributed by atoms with Crippen LogP contribution >= 0.6 is 7.60 Å². The van der Waals surface area contributed by atoms with Gasteiger partial charge in [0.25, 0.3) is 0 Å². The van der Waals surface area contributed by atoms with Gasteiger partial charge >= 0.3 is 7.60 Å². The molecule has 2 N–H and O–H groups in total. The first-order chi connectivity index (χ1) is 6.40. The molecule has 0 saturated carbocycles. The Morgan fingerprint density at radius 2 is 2.14 bits per heavy atom. The monoisotopic (exact) mass is 226 g/mol. The maximum absolute atomic E-state index is 10.9. The minimum absolute atomic E-state index is 0.0570. The number of carbonyl (C=O) groups excluding carboxylic acids is 1. The molecule has 3 unspecified atom stereocenters. The molecule has 0 fully saturated rings. The summed E-state index contributed by atoms with van der Waals surface area (Å²) >= 11 is 0. The van der Waals surface area contributed by atoms with Crippen molar-refractivity contribution in [2.75, 3.05) is 20.4 Å². The maximum atomic E-state index is 10.9. The van der Waals surface area contributed by atoms with Crippen LogP contribution in [0.15, 0.2) is 0 Å². The van der Waals surface area contributed by atoms with Crippen molar-refractivity contribution in [1.29, 1.82) is 0 Å². The molecule has 0 bridgehead atoms. The van der Waals surface area contributed by atoms with E-state index in [1.165, 1.54) is 7.11 Å². The predicted molar refractivity (Wildman–Crippen MR) is 49.2 cm³/mol. The lowest BCUT2D eigenvalue weighted by atomic mass is 10.2. The number of carbonyl (C=O) groups is 1. The van der Waals surface area contributed by atoms with Crippen LogP contribution in [0.5, 0.6) is 0 Å². The second-order valence-electron chi connectivity index (χ2n) is 2.87. The molecule has 0 saturated heterocycles. The summed E-state index contributed by atoms with van der Waals surface area (Å²) in [6, 6.07) is 0. The van der Waals surface area contributed by atoms with Gasteiger partial charge in [0, 0.05) is 20.2 Å². The van der Waals surface area contributed by atoms with Crippen molar-refractivity contribution in [2.24, 2.45) is 0 Å². The molecule has 3 atom stereocenters. The number of hydrogen-bond donors (Lipinski definition) is 2. The second kappa shape index (κ2) is 6.27. The molecule has 0 aromatic heterocycles. The summed E-state index contributed by atoms with van der Waals surface area (Å²) in [7, 11) is -2.34. The Bertz CT molecular complexity index is 212. The van der Waals surface area contributed by atoms with Crippen LogP contribution in [0.25, 0.3) is 0 Å². The zero-order valence-electron chi connectivity index (χ0n) is 8.12. The molecule has 7 heteroatoms. The number of methoxy groups -OCH3 is 1. The van der Waals surface area contributed by atoms with E-state index in [2.05, 4.69) is 9.26 Å². The van der Waals surface area contributed by atoms with E-state index in [-0.39, 0.29) is 13.0 Å². The summed E-state index contributed by atoms with van der Waals surface area (Å²) < 4.78 is 20.1. The van der Waals surface area contributed by atoms with Gasteiger partial charge in [-0.3, -0.25) is 4.57 Å². The van der Waals surface area contributed by atoms with E-state index in [9.17, 15) is 14.5 Å². The van der Waals surface area contributed by atoms with Gasteiger partial charge in [-0.2, -0.15) is 0 Å². The molecule has 0 heterocycles. The quantitative estimate of drug-likeness (QED) is 0.460. The van der Waals surface area contributed by atoms with Gasteiger partial charge in [-0.05, 0) is 0 Å². The average Bonchev–Trinajstić information content (AvgIpc) is 2.01. The van der Waals surface area contributed by atoms with Crippen molar-refractivity contribution in [3.05, 3.63) is 0 Å². The highest BCUT2D eigenvalue weighted by molar-refractivity contribution is 7.51. The van der Waals surface area contributed by atoms with Crippen molar-refractivity contribution in [2.45, 2.75) is 18.6 Å². The van der Waals surface area contributed by atoms with E-state index in [0.717, 1.165) is 6.66 Å². The van der Waals surface area contributed by atoms with Crippen molar-refractivity contribution < 1.29 is 28.6 Å². The first kappa shape index (κ1) is 13.7. The molecule has 84 valence electrons. The molecule has 0 aliphatic heterocycles. The van der Waals surface area contributed by atoms with Crippen molar-refractivity contribution in [1.82, 2.24) is 0 Å². The third-order valence-corrected chi connectivity index (χ3v) is 2.09. The average molecular weight is 226 g/mol. The first-order valence-corrected chi connectivity index (χ1v) is 6.02. The minimum atomic E-state index is -3.70. The van der Waals surface area contributed by atoms with E-state index in [1.807, 2.05) is 0 Å². The Morgan fingerprint density at radius 1 is 1.57 bits per heavy atom. The summed E-state index contributed by atoms with van der Waals surface area (Å²) in [5, 5.41) is 9.36. The summed E-state index contributed by atoms with van der Waals surface area (Å²) in [6.45, 7) is 0.933. The van der Waals surface area contributed by atoms with Crippen LogP contribution in [0.4, 0.5) is 0 Å². The van der Waals surface area contributed by atoms with Gasteiger partial charge in [-0.25, -0.2) is 0 Å². The topological polar surface area (TPSA) is 93.1 Å². The third kappa shape index (κ3) is 6.23. The summed E-state index contributed by atoms with van der Waals surface area (Å²) in [5.41, 5.74) is 0. The third-order valence-electron chi connectivity index (χ3n) is 1.43. The molecule has 6 nitrogen and oxygen atoms in total. The van der Waals surface area contributed by atoms with Gasteiger partial charge in [0.05, 0.1) is 6.61 Å². The van der Waals surface area contributed by atoms with Crippen LogP contribution in [-0.2, 0) is 18.6 Å². The normalized spacial score (nSPS) is 19.7. The van der Waals surface area contributed by atoms with Crippen LogP contribution in [0.3, 0.4) is 0 Å². The van der Waals surface area contributed by atoms with E-state index >= 15 is 0 Å². The minimum Gasteiger partial charge on any atom is -0.388 e. The Balaban J connectivity index is 4.27. The molecule has 0 rings (SSSR count). The van der Waals surface area contributed by atoms with Crippen molar-refractivity contribution in [3.63, 3.8) is 0 Å². The molecule has 0 aromatic rings. The summed E-state index contributed by atoms with van der Waals surface area (Å²) in [5.74, 6) is 0. The zero-order valence-corrected chi connectivity index (χ0v) is 9.02.